The van der Waals surface area contributed by atoms with Crippen LogP contribution < -0.4 is 15.0 Å². The average molecular weight is 454 g/mol. The van der Waals surface area contributed by atoms with Crippen molar-refractivity contribution < 1.29 is 13.9 Å². The Labute approximate surface area is 193 Å². The Morgan fingerprint density at radius 1 is 1.09 bits per heavy atom. The van der Waals surface area contributed by atoms with Crippen molar-refractivity contribution >= 4 is 23.2 Å². The van der Waals surface area contributed by atoms with Crippen LogP contribution in [0.3, 0.4) is 0 Å². The summed E-state index contributed by atoms with van der Waals surface area (Å²) in [5.41, 5.74) is 2.07. The molecule has 3 aromatic rings. The number of furan rings is 1. The van der Waals surface area contributed by atoms with Crippen molar-refractivity contribution in [2.75, 3.05) is 38.2 Å². The molecule has 1 amide bonds. The molecule has 1 N–H and O–H groups in total. The van der Waals surface area contributed by atoms with Gasteiger partial charge >= 0.3 is 0 Å². The lowest BCUT2D eigenvalue weighted by Gasteiger charge is -2.36. The SMILES string of the molecule is COc1ccc(Cl)cc1N1CCN(Cc2ccc(C(=O)N[C@H](C)c3ccccc3)o2)CC1. The maximum atomic E-state index is 12.6. The van der Waals surface area contributed by atoms with Crippen molar-refractivity contribution in [3.8, 4) is 5.75 Å². The van der Waals surface area contributed by atoms with Gasteiger partial charge in [0.2, 0.25) is 0 Å². The van der Waals surface area contributed by atoms with Gasteiger partial charge in [-0.25, -0.2) is 0 Å². The second kappa shape index (κ2) is 10.1. The van der Waals surface area contributed by atoms with Crippen LogP contribution in [0.2, 0.25) is 5.02 Å². The number of halogens is 1. The minimum Gasteiger partial charge on any atom is -0.495 e. The highest BCUT2D eigenvalue weighted by Crippen LogP contribution is 2.32. The first-order valence-electron chi connectivity index (χ1n) is 10.8. The van der Waals surface area contributed by atoms with Crippen molar-refractivity contribution in [2.24, 2.45) is 0 Å². The lowest BCUT2D eigenvalue weighted by atomic mass is 10.1. The van der Waals surface area contributed by atoms with Gasteiger partial charge in [-0.3, -0.25) is 9.69 Å². The van der Waals surface area contributed by atoms with E-state index in [9.17, 15) is 4.79 Å². The summed E-state index contributed by atoms with van der Waals surface area (Å²) in [6, 6.07) is 19.1. The Morgan fingerprint density at radius 3 is 2.56 bits per heavy atom. The van der Waals surface area contributed by atoms with Gasteiger partial charge in [-0.1, -0.05) is 41.9 Å². The maximum Gasteiger partial charge on any atom is 0.287 e. The smallest absolute Gasteiger partial charge is 0.287 e. The Hall–Kier alpha value is -2.96. The first kappa shape index (κ1) is 22.2. The molecular formula is C25H28ClN3O3. The van der Waals surface area contributed by atoms with Crippen LogP contribution in [-0.2, 0) is 6.54 Å². The van der Waals surface area contributed by atoms with Crippen LogP contribution in [0.4, 0.5) is 5.69 Å². The minimum atomic E-state index is -0.203. The molecule has 2 aromatic carbocycles. The second-order valence-electron chi connectivity index (χ2n) is 7.95. The monoisotopic (exact) mass is 453 g/mol. The normalized spacial score (nSPS) is 15.4. The van der Waals surface area contributed by atoms with Crippen LogP contribution in [0.15, 0.2) is 65.1 Å². The van der Waals surface area contributed by atoms with Gasteiger partial charge in [0.05, 0.1) is 25.4 Å². The number of methoxy groups -OCH3 is 1. The minimum absolute atomic E-state index is 0.0891. The number of benzene rings is 2. The molecular weight excluding hydrogens is 426 g/mol. The number of piperazine rings is 1. The Bertz CT molecular complexity index is 1050. The van der Waals surface area contributed by atoms with E-state index in [1.807, 2.05) is 61.5 Å². The Kier molecular flexibility index (Phi) is 7.02. The summed E-state index contributed by atoms with van der Waals surface area (Å²) in [4.78, 5) is 17.2. The Morgan fingerprint density at radius 2 is 1.84 bits per heavy atom. The van der Waals surface area contributed by atoms with E-state index in [0.29, 0.717) is 17.3 Å². The fourth-order valence-electron chi connectivity index (χ4n) is 3.96. The number of hydrogen-bond acceptors (Lipinski definition) is 5. The molecule has 0 bridgehead atoms. The fourth-order valence-corrected chi connectivity index (χ4v) is 4.12. The Balaban J connectivity index is 1.31. The number of ether oxygens (including phenoxy) is 1. The molecule has 0 aliphatic carbocycles. The van der Waals surface area contributed by atoms with Gasteiger partial charge in [0.1, 0.15) is 11.5 Å². The van der Waals surface area contributed by atoms with E-state index in [1.165, 1.54) is 0 Å². The second-order valence-corrected chi connectivity index (χ2v) is 8.39. The van der Waals surface area contributed by atoms with E-state index < -0.39 is 0 Å². The number of anilines is 1. The van der Waals surface area contributed by atoms with Crippen molar-refractivity contribution in [1.29, 1.82) is 0 Å². The molecule has 0 spiro atoms. The molecule has 1 fully saturated rings. The predicted octanol–water partition coefficient (Wildman–Crippen LogP) is 4.75. The fraction of sp³-hybridized carbons (Fsp3) is 0.320. The molecule has 1 atom stereocenters. The highest BCUT2D eigenvalue weighted by molar-refractivity contribution is 6.30. The third-order valence-corrected chi connectivity index (χ3v) is 6.00. The van der Waals surface area contributed by atoms with Gasteiger partial charge in [0.25, 0.3) is 5.91 Å². The third-order valence-electron chi connectivity index (χ3n) is 5.77. The lowest BCUT2D eigenvalue weighted by molar-refractivity contribution is 0.0907. The molecule has 2 heterocycles. The summed E-state index contributed by atoms with van der Waals surface area (Å²) in [5, 5.41) is 3.69. The largest absolute Gasteiger partial charge is 0.495 e. The molecule has 1 aromatic heterocycles. The molecule has 1 aliphatic rings. The summed E-state index contributed by atoms with van der Waals surface area (Å²) >= 11 is 6.19. The number of carbonyl (C=O) groups excluding carboxylic acids is 1. The van der Waals surface area contributed by atoms with Gasteiger partial charge in [0.15, 0.2) is 5.76 Å². The third kappa shape index (κ3) is 5.26. The summed E-state index contributed by atoms with van der Waals surface area (Å²) in [5.74, 6) is 1.75. The molecule has 0 saturated carbocycles. The molecule has 32 heavy (non-hydrogen) atoms. The van der Waals surface area contributed by atoms with Gasteiger partial charge in [-0.2, -0.15) is 0 Å². The standard InChI is InChI=1S/C25H28ClN3O3/c1-18(19-6-4-3-5-7-19)27-25(30)24-11-9-21(32-24)17-28-12-14-29(15-13-28)22-16-20(26)8-10-23(22)31-2/h3-11,16,18H,12-15,17H2,1-2H3,(H,27,30)/t18-/m1/s1. The van der Waals surface area contributed by atoms with Gasteiger partial charge < -0.3 is 19.4 Å². The molecule has 1 aliphatic heterocycles. The van der Waals surface area contributed by atoms with E-state index in [4.69, 9.17) is 20.8 Å². The number of carbonyl (C=O) groups is 1. The van der Waals surface area contributed by atoms with Crippen molar-refractivity contribution in [3.63, 3.8) is 0 Å². The summed E-state index contributed by atoms with van der Waals surface area (Å²) < 4.78 is 11.3. The summed E-state index contributed by atoms with van der Waals surface area (Å²) in [6.07, 6.45) is 0. The zero-order valence-corrected chi connectivity index (χ0v) is 19.1. The van der Waals surface area contributed by atoms with Crippen LogP contribution in [0.5, 0.6) is 5.75 Å². The van der Waals surface area contributed by atoms with Crippen molar-refractivity contribution in [3.05, 3.63) is 82.8 Å². The van der Waals surface area contributed by atoms with E-state index in [1.54, 1.807) is 13.2 Å². The number of hydrogen-bond donors (Lipinski definition) is 1. The zero-order chi connectivity index (χ0) is 22.5. The molecule has 6 nitrogen and oxygen atoms in total. The van der Waals surface area contributed by atoms with Gasteiger partial charge in [-0.05, 0) is 42.8 Å². The maximum absolute atomic E-state index is 12.6. The van der Waals surface area contributed by atoms with Crippen molar-refractivity contribution in [1.82, 2.24) is 10.2 Å². The van der Waals surface area contributed by atoms with Crippen LogP contribution in [0.1, 0.15) is 34.8 Å². The first-order chi connectivity index (χ1) is 15.5. The molecule has 1 saturated heterocycles. The number of nitrogens with one attached hydrogen (secondary N) is 1. The topological polar surface area (TPSA) is 58.0 Å². The van der Waals surface area contributed by atoms with Gasteiger partial charge in [0, 0.05) is 31.2 Å². The molecule has 0 unspecified atom stereocenters. The van der Waals surface area contributed by atoms with E-state index >= 15 is 0 Å². The summed E-state index contributed by atoms with van der Waals surface area (Å²) in [7, 11) is 1.67. The van der Waals surface area contributed by atoms with E-state index in [0.717, 1.165) is 48.9 Å². The van der Waals surface area contributed by atoms with Crippen LogP contribution in [0.25, 0.3) is 0 Å². The molecule has 168 valence electrons. The van der Waals surface area contributed by atoms with Gasteiger partial charge in [-0.15, -0.1) is 0 Å². The van der Waals surface area contributed by atoms with Crippen LogP contribution >= 0.6 is 11.6 Å². The highest BCUT2D eigenvalue weighted by Gasteiger charge is 2.22. The molecule has 0 radical (unpaired) electrons. The lowest BCUT2D eigenvalue weighted by Crippen LogP contribution is -2.46. The van der Waals surface area contributed by atoms with E-state index in [-0.39, 0.29) is 11.9 Å². The molecule has 4 rings (SSSR count). The summed E-state index contributed by atoms with van der Waals surface area (Å²) in [6.45, 7) is 6.11. The molecule has 7 heteroatoms. The number of amides is 1. The first-order valence-corrected chi connectivity index (χ1v) is 11.2. The number of nitrogens with zero attached hydrogens (tertiary/aromatic N) is 2. The van der Waals surface area contributed by atoms with Crippen LogP contribution in [0, 0.1) is 0 Å². The van der Waals surface area contributed by atoms with Crippen molar-refractivity contribution in [2.45, 2.75) is 19.5 Å². The van der Waals surface area contributed by atoms with E-state index in [2.05, 4.69) is 15.1 Å². The predicted molar refractivity (Wildman–Crippen MR) is 127 cm³/mol. The van der Waals surface area contributed by atoms with Crippen LogP contribution in [-0.4, -0.2) is 44.1 Å². The number of rotatable bonds is 7. The average Bonchev–Trinajstić information content (AvgIpc) is 3.29. The quantitative estimate of drug-likeness (QED) is 0.559. The highest BCUT2D eigenvalue weighted by atomic mass is 35.5. The zero-order valence-electron chi connectivity index (χ0n) is 18.4.